The van der Waals surface area contributed by atoms with E-state index < -0.39 is 0 Å². The Bertz CT molecular complexity index is 305. The molecule has 1 N–H and O–H groups in total. The van der Waals surface area contributed by atoms with Gasteiger partial charge in [-0.3, -0.25) is 0 Å². The zero-order chi connectivity index (χ0) is 11.2. The van der Waals surface area contributed by atoms with Crippen molar-refractivity contribution in [3.8, 4) is 0 Å². The zero-order valence-corrected chi connectivity index (χ0v) is 10.8. The Morgan fingerprint density at radius 2 is 2.56 bits per heavy atom. The van der Waals surface area contributed by atoms with Crippen LogP contribution in [0.3, 0.4) is 0 Å². The van der Waals surface area contributed by atoms with E-state index in [0.29, 0.717) is 0 Å². The van der Waals surface area contributed by atoms with Gasteiger partial charge in [-0.1, -0.05) is 6.92 Å². The minimum Gasteiger partial charge on any atom is -0.335 e. The van der Waals surface area contributed by atoms with Crippen LogP contribution < -0.4 is 5.32 Å². The van der Waals surface area contributed by atoms with Crippen molar-refractivity contribution < 1.29 is 0 Å². The van der Waals surface area contributed by atoms with Crippen LogP contribution in [-0.2, 0) is 13.0 Å². The first kappa shape index (κ1) is 12.0. The molecule has 1 aromatic heterocycles. The molecule has 1 unspecified atom stereocenters. The summed E-state index contributed by atoms with van der Waals surface area (Å²) in [5, 5.41) is 3.63. The summed E-state index contributed by atoms with van der Waals surface area (Å²) in [7, 11) is 0. The summed E-state index contributed by atoms with van der Waals surface area (Å²) < 4.78 is 2.27. The molecule has 0 spiro atoms. The van der Waals surface area contributed by atoms with E-state index >= 15 is 0 Å². The van der Waals surface area contributed by atoms with Crippen LogP contribution in [0.2, 0.25) is 0 Å². The van der Waals surface area contributed by atoms with Crippen molar-refractivity contribution in [3.63, 3.8) is 0 Å². The van der Waals surface area contributed by atoms with E-state index in [1.165, 1.54) is 30.2 Å². The predicted molar refractivity (Wildman–Crippen MR) is 70.0 cm³/mol. The van der Waals surface area contributed by atoms with E-state index in [1.807, 2.05) is 6.20 Å². The van der Waals surface area contributed by atoms with E-state index in [4.69, 9.17) is 0 Å². The van der Waals surface area contributed by atoms with Crippen molar-refractivity contribution in [1.29, 1.82) is 0 Å². The number of rotatable bonds is 6. The molecule has 0 aliphatic carbocycles. The number of thioether (sulfide) groups is 1. The Labute approximate surface area is 102 Å². The largest absolute Gasteiger partial charge is 0.335 e. The van der Waals surface area contributed by atoms with Crippen molar-refractivity contribution in [1.82, 2.24) is 14.9 Å². The molecule has 1 fully saturated rings. The van der Waals surface area contributed by atoms with Crippen LogP contribution in [-0.4, -0.2) is 33.6 Å². The predicted octanol–water partition coefficient (Wildman–Crippen LogP) is 1.93. The number of imidazole rings is 1. The second-order valence-electron chi connectivity index (χ2n) is 4.26. The fourth-order valence-electron chi connectivity index (χ4n) is 2.11. The molecule has 1 aliphatic heterocycles. The van der Waals surface area contributed by atoms with Gasteiger partial charge in [0.1, 0.15) is 5.82 Å². The molecule has 4 heteroatoms. The van der Waals surface area contributed by atoms with Crippen molar-refractivity contribution in [3.05, 3.63) is 18.2 Å². The summed E-state index contributed by atoms with van der Waals surface area (Å²) in [6.07, 6.45) is 7.56. The van der Waals surface area contributed by atoms with Crippen LogP contribution in [0.25, 0.3) is 0 Å². The molecule has 90 valence electrons. The summed E-state index contributed by atoms with van der Waals surface area (Å²) in [5.74, 6) is 3.83. The standard InChI is InChI=1S/C12H21N3S/c1-2-12-14-6-8-15(12)7-3-5-13-11-4-9-16-10-11/h6,8,11,13H,2-5,7,9-10H2,1H3. The third-order valence-electron chi connectivity index (χ3n) is 3.06. The second kappa shape index (κ2) is 6.30. The van der Waals surface area contributed by atoms with Gasteiger partial charge in [-0.25, -0.2) is 4.98 Å². The summed E-state index contributed by atoms with van der Waals surface area (Å²) in [6.45, 7) is 4.38. The normalized spacial score (nSPS) is 20.4. The summed E-state index contributed by atoms with van der Waals surface area (Å²) >= 11 is 2.07. The summed E-state index contributed by atoms with van der Waals surface area (Å²) in [5.41, 5.74) is 0. The van der Waals surface area contributed by atoms with Crippen LogP contribution in [0.5, 0.6) is 0 Å². The first-order chi connectivity index (χ1) is 7.90. The Balaban J connectivity index is 1.64. The minimum atomic E-state index is 0.762. The highest BCUT2D eigenvalue weighted by molar-refractivity contribution is 7.99. The minimum absolute atomic E-state index is 0.762. The Kier molecular flexibility index (Phi) is 4.72. The number of aryl methyl sites for hydroxylation is 2. The van der Waals surface area contributed by atoms with Crippen molar-refractivity contribution in [2.45, 2.75) is 38.8 Å². The molecule has 1 atom stereocenters. The molecule has 0 amide bonds. The lowest BCUT2D eigenvalue weighted by atomic mass is 10.2. The molecule has 0 saturated carbocycles. The monoisotopic (exact) mass is 239 g/mol. The summed E-state index contributed by atoms with van der Waals surface area (Å²) in [4.78, 5) is 4.33. The van der Waals surface area contributed by atoms with E-state index in [-0.39, 0.29) is 0 Å². The highest BCUT2D eigenvalue weighted by atomic mass is 32.2. The van der Waals surface area contributed by atoms with E-state index in [9.17, 15) is 0 Å². The highest BCUT2D eigenvalue weighted by Crippen LogP contribution is 2.16. The molecular formula is C12H21N3S. The number of hydrogen-bond donors (Lipinski definition) is 1. The van der Waals surface area contributed by atoms with Gasteiger partial charge in [0.15, 0.2) is 0 Å². The Morgan fingerprint density at radius 3 is 3.31 bits per heavy atom. The number of aromatic nitrogens is 2. The van der Waals surface area contributed by atoms with Crippen molar-refractivity contribution >= 4 is 11.8 Å². The maximum absolute atomic E-state index is 4.33. The Morgan fingerprint density at radius 1 is 1.62 bits per heavy atom. The van der Waals surface area contributed by atoms with Gasteiger partial charge >= 0.3 is 0 Å². The van der Waals surface area contributed by atoms with Gasteiger partial charge in [-0.2, -0.15) is 11.8 Å². The first-order valence-corrected chi connectivity index (χ1v) is 7.36. The fraction of sp³-hybridized carbons (Fsp3) is 0.750. The zero-order valence-electron chi connectivity index (χ0n) is 9.98. The SMILES string of the molecule is CCc1nccn1CCCNC1CCSC1. The fourth-order valence-corrected chi connectivity index (χ4v) is 3.30. The lowest BCUT2D eigenvalue weighted by Crippen LogP contribution is -2.30. The molecular weight excluding hydrogens is 218 g/mol. The molecule has 1 aromatic rings. The molecule has 1 aliphatic rings. The van der Waals surface area contributed by atoms with Gasteiger partial charge in [0.05, 0.1) is 0 Å². The molecule has 0 aromatic carbocycles. The van der Waals surface area contributed by atoms with Gasteiger partial charge in [0.25, 0.3) is 0 Å². The van der Waals surface area contributed by atoms with Crippen LogP contribution in [0.15, 0.2) is 12.4 Å². The maximum atomic E-state index is 4.33. The van der Waals surface area contributed by atoms with E-state index in [2.05, 4.69) is 39.8 Å². The average molecular weight is 239 g/mol. The van der Waals surface area contributed by atoms with Gasteiger partial charge < -0.3 is 9.88 Å². The number of nitrogens with one attached hydrogen (secondary N) is 1. The second-order valence-corrected chi connectivity index (χ2v) is 5.41. The van der Waals surface area contributed by atoms with E-state index in [0.717, 1.165) is 25.6 Å². The number of hydrogen-bond acceptors (Lipinski definition) is 3. The van der Waals surface area contributed by atoms with Crippen LogP contribution in [0.1, 0.15) is 25.6 Å². The van der Waals surface area contributed by atoms with Crippen molar-refractivity contribution in [2.24, 2.45) is 0 Å². The van der Waals surface area contributed by atoms with Gasteiger partial charge in [-0.15, -0.1) is 0 Å². The molecule has 1 saturated heterocycles. The lowest BCUT2D eigenvalue weighted by molar-refractivity contribution is 0.513. The van der Waals surface area contributed by atoms with Gasteiger partial charge in [-0.05, 0) is 25.1 Å². The van der Waals surface area contributed by atoms with Crippen LogP contribution >= 0.6 is 11.8 Å². The molecule has 0 radical (unpaired) electrons. The Hall–Kier alpha value is -0.480. The third-order valence-corrected chi connectivity index (χ3v) is 4.22. The molecule has 3 nitrogen and oxygen atoms in total. The number of nitrogens with zero attached hydrogens (tertiary/aromatic N) is 2. The van der Waals surface area contributed by atoms with Gasteiger partial charge in [0.2, 0.25) is 0 Å². The molecule has 16 heavy (non-hydrogen) atoms. The average Bonchev–Trinajstić information content (AvgIpc) is 2.95. The third kappa shape index (κ3) is 3.25. The summed E-state index contributed by atoms with van der Waals surface area (Å²) in [6, 6.07) is 0.762. The van der Waals surface area contributed by atoms with Crippen LogP contribution in [0, 0.1) is 0 Å². The van der Waals surface area contributed by atoms with Crippen molar-refractivity contribution in [2.75, 3.05) is 18.1 Å². The smallest absolute Gasteiger partial charge is 0.108 e. The molecule has 2 heterocycles. The molecule has 0 bridgehead atoms. The maximum Gasteiger partial charge on any atom is 0.108 e. The first-order valence-electron chi connectivity index (χ1n) is 6.21. The highest BCUT2D eigenvalue weighted by Gasteiger charge is 2.13. The molecule has 2 rings (SSSR count). The lowest BCUT2D eigenvalue weighted by Gasteiger charge is -2.11. The van der Waals surface area contributed by atoms with E-state index in [1.54, 1.807) is 0 Å². The topological polar surface area (TPSA) is 29.9 Å². The quantitative estimate of drug-likeness (QED) is 0.769. The van der Waals surface area contributed by atoms with Gasteiger partial charge in [0, 0.05) is 37.2 Å². The van der Waals surface area contributed by atoms with Crippen LogP contribution in [0.4, 0.5) is 0 Å².